The van der Waals surface area contributed by atoms with Crippen LogP contribution in [0.25, 0.3) is 0 Å². The van der Waals surface area contributed by atoms with Crippen molar-refractivity contribution >= 4 is 17.5 Å². The molecule has 1 heterocycles. The molecule has 1 aliphatic rings. The minimum absolute atomic E-state index is 0.142. The van der Waals surface area contributed by atoms with Crippen molar-refractivity contribution in [3.8, 4) is 23.0 Å². The number of methoxy groups -OCH3 is 2. The van der Waals surface area contributed by atoms with Crippen LogP contribution in [-0.2, 0) is 4.79 Å². The number of carbonyl (C=O) groups is 2. The third-order valence-corrected chi connectivity index (χ3v) is 4.86. The van der Waals surface area contributed by atoms with Gasteiger partial charge in [0.1, 0.15) is 17.5 Å². The number of hydrogen-bond acceptors (Lipinski definition) is 6. The van der Waals surface area contributed by atoms with Crippen LogP contribution in [0.1, 0.15) is 30.6 Å². The summed E-state index contributed by atoms with van der Waals surface area (Å²) in [6.45, 7) is 4.88. The molecule has 0 unspecified atom stereocenters. The Bertz CT molecular complexity index is 921. The summed E-state index contributed by atoms with van der Waals surface area (Å²) in [4.78, 5) is 25.8. The smallest absolute Gasteiger partial charge is 0.252 e. The van der Waals surface area contributed by atoms with E-state index in [2.05, 4.69) is 10.6 Å². The van der Waals surface area contributed by atoms with Gasteiger partial charge in [-0.15, -0.1) is 0 Å². The molecule has 0 aliphatic carbocycles. The number of hydrogen-bond donors (Lipinski definition) is 2. The monoisotopic (exact) mass is 428 g/mol. The highest BCUT2D eigenvalue weighted by Gasteiger charge is 2.26. The Morgan fingerprint density at radius 3 is 2.19 bits per heavy atom. The highest BCUT2D eigenvalue weighted by molar-refractivity contribution is 6.01. The molecule has 3 rings (SSSR count). The minimum Gasteiger partial charge on any atom is -0.497 e. The third-order valence-electron chi connectivity index (χ3n) is 4.86. The molecule has 2 N–H and O–H groups in total. The van der Waals surface area contributed by atoms with Crippen LogP contribution in [0.2, 0.25) is 0 Å². The molecule has 2 aromatic carbocycles. The molecule has 2 amide bonds. The Morgan fingerprint density at radius 2 is 1.58 bits per heavy atom. The quantitative estimate of drug-likeness (QED) is 0.703. The molecule has 0 radical (unpaired) electrons. The first kappa shape index (κ1) is 22.3. The second kappa shape index (κ2) is 10.1. The Hall–Kier alpha value is -3.42. The SMILES string of the molecule is COc1cc(OC)cc(C(=O)N[C@H](C(=O)Nc2ccc3c(c2)OCCCO3)C(C)C)c1. The van der Waals surface area contributed by atoms with Gasteiger partial charge in [0.05, 0.1) is 27.4 Å². The summed E-state index contributed by atoms with van der Waals surface area (Å²) in [6.07, 6.45) is 0.798. The van der Waals surface area contributed by atoms with Crippen LogP contribution in [0.3, 0.4) is 0 Å². The van der Waals surface area contributed by atoms with Crippen LogP contribution < -0.4 is 29.6 Å². The molecule has 8 nitrogen and oxygen atoms in total. The molecule has 0 saturated carbocycles. The summed E-state index contributed by atoms with van der Waals surface area (Å²) in [7, 11) is 3.02. The molecule has 166 valence electrons. The van der Waals surface area contributed by atoms with Gasteiger partial charge in [-0.2, -0.15) is 0 Å². The maximum absolute atomic E-state index is 13.0. The van der Waals surface area contributed by atoms with E-state index in [1.165, 1.54) is 14.2 Å². The van der Waals surface area contributed by atoms with Gasteiger partial charge in [-0.1, -0.05) is 13.8 Å². The molecule has 0 fully saturated rings. The van der Waals surface area contributed by atoms with Gasteiger partial charge in [0.15, 0.2) is 11.5 Å². The Labute approximate surface area is 181 Å². The average molecular weight is 428 g/mol. The fourth-order valence-corrected chi connectivity index (χ4v) is 3.16. The number of benzene rings is 2. The van der Waals surface area contributed by atoms with Gasteiger partial charge < -0.3 is 29.6 Å². The summed E-state index contributed by atoms with van der Waals surface area (Å²) < 4.78 is 21.7. The number of amides is 2. The first-order chi connectivity index (χ1) is 14.9. The molecule has 0 bridgehead atoms. The summed E-state index contributed by atoms with van der Waals surface area (Å²) in [6, 6.07) is 9.35. The number of rotatable bonds is 7. The van der Waals surface area contributed by atoms with E-state index >= 15 is 0 Å². The maximum Gasteiger partial charge on any atom is 0.252 e. The van der Waals surface area contributed by atoms with Crippen LogP contribution in [0.4, 0.5) is 5.69 Å². The van der Waals surface area contributed by atoms with Gasteiger partial charge in [-0.05, 0) is 30.2 Å². The standard InChI is InChI=1S/C23H28N2O6/c1-14(2)21(25-22(26)15-10-17(28-3)13-18(11-15)29-4)23(27)24-16-6-7-19-20(12-16)31-9-5-8-30-19/h6-7,10-14,21H,5,8-9H2,1-4H3,(H,24,27)(H,25,26)/t21-/m0/s1. The summed E-state index contributed by atoms with van der Waals surface area (Å²) >= 11 is 0. The van der Waals surface area contributed by atoms with E-state index in [1.54, 1.807) is 36.4 Å². The lowest BCUT2D eigenvalue weighted by molar-refractivity contribution is -0.118. The summed E-state index contributed by atoms with van der Waals surface area (Å²) in [5.41, 5.74) is 0.905. The van der Waals surface area contributed by atoms with Crippen molar-refractivity contribution in [3.63, 3.8) is 0 Å². The highest BCUT2D eigenvalue weighted by Crippen LogP contribution is 2.32. The Morgan fingerprint density at radius 1 is 0.935 bits per heavy atom. The van der Waals surface area contributed by atoms with Crippen molar-refractivity contribution in [2.75, 3.05) is 32.8 Å². The normalized spacial score (nSPS) is 13.7. The predicted octanol–water partition coefficient (Wildman–Crippen LogP) is 3.26. The first-order valence-corrected chi connectivity index (χ1v) is 10.2. The molecule has 1 atom stereocenters. The first-order valence-electron chi connectivity index (χ1n) is 10.2. The lowest BCUT2D eigenvalue weighted by Crippen LogP contribution is -2.47. The predicted molar refractivity (Wildman–Crippen MR) is 116 cm³/mol. The molecule has 0 aromatic heterocycles. The molecule has 31 heavy (non-hydrogen) atoms. The zero-order valence-corrected chi connectivity index (χ0v) is 18.2. The van der Waals surface area contributed by atoms with E-state index in [4.69, 9.17) is 18.9 Å². The van der Waals surface area contributed by atoms with Gasteiger partial charge >= 0.3 is 0 Å². The fourth-order valence-electron chi connectivity index (χ4n) is 3.16. The van der Waals surface area contributed by atoms with E-state index in [0.29, 0.717) is 47.5 Å². The van der Waals surface area contributed by atoms with Crippen molar-refractivity contribution in [2.24, 2.45) is 5.92 Å². The average Bonchev–Trinajstić information content (AvgIpc) is 3.01. The van der Waals surface area contributed by atoms with E-state index in [-0.39, 0.29) is 11.8 Å². The molecule has 8 heteroatoms. The summed E-state index contributed by atoms with van der Waals surface area (Å²) in [5.74, 6) is 1.35. The van der Waals surface area contributed by atoms with E-state index in [1.807, 2.05) is 13.8 Å². The summed E-state index contributed by atoms with van der Waals surface area (Å²) in [5, 5.41) is 5.67. The van der Waals surface area contributed by atoms with Crippen LogP contribution in [0, 0.1) is 5.92 Å². The lowest BCUT2D eigenvalue weighted by Gasteiger charge is -2.22. The van der Waals surface area contributed by atoms with Crippen molar-refractivity contribution in [1.82, 2.24) is 5.32 Å². The van der Waals surface area contributed by atoms with Gasteiger partial charge in [-0.25, -0.2) is 0 Å². The second-order valence-electron chi connectivity index (χ2n) is 7.50. The van der Waals surface area contributed by atoms with Crippen LogP contribution in [0.15, 0.2) is 36.4 Å². The van der Waals surface area contributed by atoms with E-state index in [0.717, 1.165) is 6.42 Å². The maximum atomic E-state index is 13.0. The van der Waals surface area contributed by atoms with Crippen molar-refractivity contribution < 1.29 is 28.5 Å². The van der Waals surface area contributed by atoms with Gasteiger partial charge in [0, 0.05) is 29.8 Å². The zero-order valence-electron chi connectivity index (χ0n) is 18.2. The zero-order chi connectivity index (χ0) is 22.4. The number of ether oxygens (including phenoxy) is 4. The Kier molecular flexibility index (Phi) is 7.23. The number of nitrogens with one attached hydrogen (secondary N) is 2. The highest BCUT2D eigenvalue weighted by atomic mass is 16.5. The largest absolute Gasteiger partial charge is 0.497 e. The number of carbonyl (C=O) groups excluding carboxylic acids is 2. The molecule has 2 aromatic rings. The molecule has 0 saturated heterocycles. The molecule has 1 aliphatic heterocycles. The van der Waals surface area contributed by atoms with Crippen LogP contribution in [-0.4, -0.2) is 45.3 Å². The van der Waals surface area contributed by atoms with Gasteiger partial charge in [-0.3, -0.25) is 9.59 Å². The lowest BCUT2D eigenvalue weighted by atomic mass is 10.0. The number of fused-ring (bicyclic) bond motifs is 1. The van der Waals surface area contributed by atoms with Crippen molar-refractivity contribution in [3.05, 3.63) is 42.0 Å². The number of anilines is 1. The third kappa shape index (κ3) is 5.59. The Balaban J connectivity index is 1.74. The van der Waals surface area contributed by atoms with Gasteiger partial charge in [0.25, 0.3) is 5.91 Å². The van der Waals surface area contributed by atoms with E-state index in [9.17, 15) is 9.59 Å². The van der Waals surface area contributed by atoms with Crippen molar-refractivity contribution in [1.29, 1.82) is 0 Å². The molecule has 0 spiro atoms. The van der Waals surface area contributed by atoms with Gasteiger partial charge in [0.2, 0.25) is 5.91 Å². The van der Waals surface area contributed by atoms with E-state index < -0.39 is 11.9 Å². The van der Waals surface area contributed by atoms with Crippen LogP contribution >= 0.6 is 0 Å². The van der Waals surface area contributed by atoms with Crippen LogP contribution in [0.5, 0.6) is 23.0 Å². The second-order valence-corrected chi connectivity index (χ2v) is 7.50. The fraction of sp³-hybridized carbons (Fsp3) is 0.391. The minimum atomic E-state index is -0.749. The molecular weight excluding hydrogens is 400 g/mol. The topological polar surface area (TPSA) is 95.1 Å². The molecular formula is C23H28N2O6. The van der Waals surface area contributed by atoms with Crippen molar-refractivity contribution in [2.45, 2.75) is 26.3 Å².